The second kappa shape index (κ2) is 8.36. The van der Waals surface area contributed by atoms with Crippen LogP contribution in [0.2, 0.25) is 5.02 Å². The minimum Gasteiger partial charge on any atom is -0.336 e. The first-order valence-electron chi connectivity index (χ1n) is 7.04. The van der Waals surface area contributed by atoms with Crippen LogP contribution < -0.4 is 10.6 Å². The molecular weight excluding hydrogens is 363 g/mol. The van der Waals surface area contributed by atoms with E-state index in [-0.39, 0.29) is 18.1 Å². The second-order valence-electron chi connectivity index (χ2n) is 4.93. The number of amides is 1. The van der Waals surface area contributed by atoms with Gasteiger partial charge in [0, 0.05) is 10.7 Å². The number of carbonyl (C=O) groups excluding carboxylic acids is 1. The molecule has 0 aliphatic heterocycles. The molecule has 7 nitrogen and oxygen atoms in total. The van der Waals surface area contributed by atoms with E-state index in [4.69, 9.17) is 11.6 Å². The minimum atomic E-state index is -0.396. The Labute approximate surface area is 155 Å². The minimum absolute atomic E-state index is 0. The highest BCUT2D eigenvalue weighted by molar-refractivity contribution is 6.31. The van der Waals surface area contributed by atoms with Crippen molar-refractivity contribution in [3.05, 3.63) is 65.6 Å². The number of hydrogen-bond acceptors (Lipinski definition) is 6. The predicted molar refractivity (Wildman–Crippen MR) is 98.7 cm³/mol. The predicted octanol–water partition coefficient (Wildman–Crippen LogP) is 3.65. The summed E-state index contributed by atoms with van der Waals surface area (Å²) in [4.78, 5) is 28.9. The van der Waals surface area contributed by atoms with Crippen LogP contribution in [0, 0.1) is 6.92 Å². The first kappa shape index (κ1) is 18.6. The summed E-state index contributed by atoms with van der Waals surface area (Å²) in [6.45, 7) is 1.76. The summed E-state index contributed by atoms with van der Waals surface area (Å²) in [6, 6.07) is 6.87. The van der Waals surface area contributed by atoms with Gasteiger partial charge >= 0.3 is 0 Å². The average molecular weight is 377 g/mol. The highest BCUT2D eigenvalue weighted by atomic mass is 35.5. The molecule has 0 bridgehead atoms. The maximum Gasteiger partial charge on any atom is 0.278 e. The Morgan fingerprint density at radius 1 is 1.12 bits per heavy atom. The van der Waals surface area contributed by atoms with E-state index in [0.717, 1.165) is 0 Å². The maximum atomic E-state index is 12.6. The Morgan fingerprint density at radius 3 is 2.60 bits per heavy atom. The third-order valence-electron chi connectivity index (χ3n) is 3.01. The van der Waals surface area contributed by atoms with E-state index >= 15 is 0 Å². The van der Waals surface area contributed by atoms with Crippen molar-refractivity contribution in [2.45, 2.75) is 6.92 Å². The van der Waals surface area contributed by atoms with Gasteiger partial charge in [0.15, 0.2) is 11.5 Å². The van der Waals surface area contributed by atoms with Gasteiger partial charge in [-0.2, -0.15) is 0 Å². The lowest BCUT2D eigenvalue weighted by molar-refractivity contribution is 0.102. The topological polar surface area (TPSA) is 92.7 Å². The van der Waals surface area contributed by atoms with Gasteiger partial charge in [0.25, 0.3) is 5.91 Å². The molecule has 0 spiro atoms. The molecule has 25 heavy (non-hydrogen) atoms. The van der Waals surface area contributed by atoms with E-state index in [1.54, 1.807) is 49.8 Å². The zero-order chi connectivity index (χ0) is 16.9. The lowest BCUT2D eigenvalue weighted by Gasteiger charge is -2.11. The molecule has 0 unspecified atom stereocenters. The molecule has 3 rings (SSSR count). The van der Waals surface area contributed by atoms with Gasteiger partial charge in [0.2, 0.25) is 0 Å². The number of halogens is 2. The standard InChI is InChI=1S/C16H13ClN6O.ClH/c1-10-6-20-15(22-13-7-18-9-19-8-13)14(21-10)16(24)23-12-4-2-3-11(17)5-12;/h2-9H,1H3,(H,20,22)(H,23,24);1H. The molecular formula is C16H14Cl2N6O. The summed E-state index contributed by atoms with van der Waals surface area (Å²) in [6.07, 6.45) is 6.14. The number of aromatic nitrogens is 4. The number of anilines is 3. The summed E-state index contributed by atoms with van der Waals surface area (Å²) in [5.41, 5.74) is 1.97. The van der Waals surface area contributed by atoms with E-state index in [9.17, 15) is 4.79 Å². The van der Waals surface area contributed by atoms with E-state index in [1.807, 2.05) is 0 Å². The van der Waals surface area contributed by atoms with Gasteiger partial charge in [-0.25, -0.2) is 19.9 Å². The number of hydrogen-bond donors (Lipinski definition) is 2. The van der Waals surface area contributed by atoms with Crippen LogP contribution in [-0.4, -0.2) is 25.8 Å². The van der Waals surface area contributed by atoms with Crippen molar-refractivity contribution >= 4 is 47.1 Å². The molecule has 0 saturated heterocycles. The third-order valence-corrected chi connectivity index (χ3v) is 3.25. The molecule has 0 radical (unpaired) electrons. The van der Waals surface area contributed by atoms with Gasteiger partial charge < -0.3 is 10.6 Å². The summed E-state index contributed by atoms with van der Waals surface area (Å²) in [7, 11) is 0. The van der Waals surface area contributed by atoms with Crippen LogP contribution in [0.15, 0.2) is 49.2 Å². The maximum absolute atomic E-state index is 12.6. The summed E-state index contributed by atoms with van der Waals surface area (Å²) < 4.78 is 0. The Kier molecular flexibility index (Phi) is 6.21. The zero-order valence-electron chi connectivity index (χ0n) is 13.1. The molecule has 0 saturated carbocycles. The van der Waals surface area contributed by atoms with Crippen LogP contribution in [0.4, 0.5) is 17.2 Å². The monoisotopic (exact) mass is 376 g/mol. The molecule has 3 aromatic rings. The van der Waals surface area contributed by atoms with Crippen molar-refractivity contribution in [2.24, 2.45) is 0 Å². The van der Waals surface area contributed by atoms with Crippen LogP contribution in [0.1, 0.15) is 16.2 Å². The largest absolute Gasteiger partial charge is 0.336 e. The number of rotatable bonds is 4. The summed E-state index contributed by atoms with van der Waals surface area (Å²) in [5, 5.41) is 6.28. The second-order valence-corrected chi connectivity index (χ2v) is 5.36. The van der Waals surface area contributed by atoms with Crippen molar-refractivity contribution < 1.29 is 4.79 Å². The van der Waals surface area contributed by atoms with E-state index in [2.05, 4.69) is 30.6 Å². The zero-order valence-corrected chi connectivity index (χ0v) is 14.7. The molecule has 1 aromatic carbocycles. The van der Waals surface area contributed by atoms with Crippen LogP contribution in [0.25, 0.3) is 0 Å². The molecule has 0 aliphatic rings. The lowest BCUT2D eigenvalue weighted by atomic mass is 10.3. The quantitative estimate of drug-likeness (QED) is 0.721. The Balaban J connectivity index is 0.00000225. The molecule has 9 heteroatoms. The van der Waals surface area contributed by atoms with Crippen molar-refractivity contribution in [2.75, 3.05) is 10.6 Å². The fourth-order valence-corrected chi connectivity index (χ4v) is 2.17. The van der Waals surface area contributed by atoms with Crippen molar-refractivity contribution in [3.63, 3.8) is 0 Å². The SMILES string of the molecule is Cc1cnc(Nc2cncnc2)c(C(=O)Nc2cccc(Cl)c2)n1.Cl. The molecule has 1 amide bonds. The summed E-state index contributed by atoms with van der Waals surface area (Å²) in [5.74, 6) is -0.0808. The van der Waals surface area contributed by atoms with E-state index in [0.29, 0.717) is 27.9 Å². The van der Waals surface area contributed by atoms with Gasteiger partial charge in [0.05, 0.1) is 30.0 Å². The Morgan fingerprint density at radius 2 is 1.88 bits per heavy atom. The number of benzene rings is 1. The van der Waals surface area contributed by atoms with Crippen LogP contribution in [-0.2, 0) is 0 Å². The van der Waals surface area contributed by atoms with Crippen molar-refractivity contribution in [1.82, 2.24) is 19.9 Å². The van der Waals surface area contributed by atoms with Crippen LogP contribution >= 0.6 is 24.0 Å². The van der Waals surface area contributed by atoms with E-state index in [1.165, 1.54) is 6.33 Å². The third kappa shape index (κ3) is 4.85. The van der Waals surface area contributed by atoms with Crippen molar-refractivity contribution in [3.8, 4) is 0 Å². The van der Waals surface area contributed by atoms with Gasteiger partial charge in [0.1, 0.15) is 6.33 Å². The Bertz CT molecular complexity index is 876. The highest BCUT2D eigenvalue weighted by Crippen LogP contribution is 2.19. The molecule has 128 valence electrons. The number of carbonyl (C=O) groups is 1. The van der Waals surface area contributed by atoms with Crippen LogP contribution in [0.5, 0.6) is 0 Å². The van der Waals surface area contributed by atoms with Crippen LogP contribution in [0.3, 0.4) is 0 Å². The smallest absolute Gasteiger partial charge is 0.278 e. The Hall–Kier alpha value is -2.77. The van der Waals surface area contributed by atoms with Gasteiger partial charge in [-0.05, 0) is 25.1 Å². The van der Waals surface area contributed by atoms with Crippen molar-refractivity contribution in [1.29, 1.82) is 0 Å². The molecule has 0 atom stereocenters. The average Bonchev–Trinajstić information content (AvgIpc) is 2.57. The fourth-order valence-electron chi connectivity index (χ4n) is 1.98. The summed E-state index contributed by atoms with van der Waals surface area (Å²) >= 11 is 5.93. The van der Waals surface area contributed by atoms with Gasteiger partial charge in [-0.1, -0.05) is 17.7 Å². The molecule has 0 aliphatic carbocycles. The number of nitrogens with zero attached hydrogens (tertiary/aromatic N) is 4. The highest BCUT2D eigenvalue weighted by Gasteiger charge is 2.16. The molecule has 0 fully saturated rings. The number of nitrogens with one attached hydrogen (secondary N) is 2. The van der Waals surface area contributed by atoms with E-state index < -0.39 is 5.91 Å². The normalized spacial score (nSPS) is 9.84. The fraction of sp³-hybridized carbons (Fsp3) is 0.0625. The molecule has 2 heterocycles. The molecule has 2 aromatic heterocycles. The first-order valence-corrected chi connectivity index (χ1v) is 7.42. The lowest BCUT2D eigenvalue weighted by Crippen LogP contribution is -2.17. The van der Waals surface area contributed by atoms with Gasteiger partial charge in [-0.15, -0.1) is 12.4 Å². The number of aryl methyl sites for hydroxylation is 1. The molecule has 2 N–H and O–H groups in total. The van der Waals surface area contributed by atoms with Gasteiger partial charge in [-0.3, -0.25) is 4.79 Å². The first-order chi connectivity index (χ1) is 11.6.